The number of likely N-dealkylation sites (tertiary alicyclic amines) is 1. The second kappa shape index (κ2) is 4.78. The number of aliphatic hydroxyl groups is 1. The van der Waals surface area contributed by atoms with E-state index >= 15 is 0 Å². The molecule has 1 N–H and O–H groups in total. The molecule has 0 bridgehead atoms. The van der Waals surface area contributed by atoms with E-state index in [-0.39, 0.29) is 4.75 Å². The molecule has 0 atom stereocenters. The maximum absolute atomic E-state index is 10.00. The van der Waals surface area contributed by atoms with Crippen LogP contribution in [0, 0.1) is 0 Å². The predicted molar refractivity (Wildman–Crippen MR) is 79.5 cm³/mol. The van der Waals surface area contributed by atoms with Gasteiger partial charge in [0.1, 0.15) is 0 Å². The Morgan fingerprint density at radius 1 is 1.28 bits per heavy atom. The molecule has 0 aromatic rings. The van der Waals surface area contributed by atoms with E-state index in [0.717, 1.165) is 30.8 Å². The lowest BCUT2D eigenvalue weighted by Crippen LogP contribution is -2.41. The van der Waals surface area contributed by atoms with Crippen LogP contribution in [0.5, 0.6) is 0 Å². The summed E-state index contributed by atoms with van der Waals surface area (Å²) in [4.78, 5) is 3.46. The highest BCUT2D eigenvalue weighted by Gasteiger charge is 2.28. The number of allylic oxidation sites excluding steroid dienone is 2. The first kappa shape index (κ1) is 13.8. The van der Waals surface area contributed by atoms with Gasteiger partial charge in [0, 0.05) is 28.4 Å². The van der Waals surface area contributed by atoms with Gasteiger partial charge in [0.2, 0.25) is 0 Å². The molecule has 0 saturated carbocycles. The summed E-state index contributed by atoms with van der Waals surface area (Å²) in [5, 5.41) is 10.00. The molecule has 1 fully saturated rings. The number of rotatable bonds is 1. The van der Waals surface area contributed by atoms with Crippen LogP contribution in [-0.2, 0) is 0 Å². The molecule has 0 unspecified atom stereocenters. The molecule has 2 aliphatic heterocycles. The zero-order valence-corrected chi connectivity index (χ0v) is 12.4. The molecule has 100 valence electrons. The predicted octanol–water partition coefficient (Wildman–Crippen LogP) is 3.31. The molecular formula is C15H23NOS. The second-order valence-corrected chi connectivity index (χ2v) is 7.84. The second-order valence-electron chi connectivity index (χ2n) is 6.06. The molecule has 2 rings (SSSR count). The van der Waals surface area contributed by atoms with Crippen LogP contribution in [0.2, 0.25) is 0 Å². The number of thioether (sulfide) groups is 1. The summed E-state index contributed by atoms with van der Waals surface area (Å²) >= 11 is 1.80. The third kappa shape index (κ3) is 3.42. The van der Waals surface area contributed by atoms with Crippen molar-refractivity contribution >= 4 is 11.8 Å². The van der Waals surface area contributed by atoms with Gasteiger partial charge in [-0.05, 0) is 45.8 Å². The molecule has 0 aromatic heterocycles. The summed E-state index contributed by atoms with van der Waals surface area (Å²) in [6.07, 6.45) is 8.28. The van der Waals surface area contributed by atoms with Gasteiger partial charge in [0.05, 0.1) is 5.60 Å². The molecule has 2 nitrogen and oxygen atoms in total. The summed E-state index contributed by atoms with van der Waals surface area (Å²) in [5.74, 6) is 0. The number of piperidine rings is 1. The largest absolute Gasteiger partial charge is 0.390 e. The van der Waals surface area contributed by atoms with Crippen LogP contribution in [-0.4, -0.2) is 33.4 Å². The first-order valence-electron chi connectivity index (χ1n) is 6.54. The van der Waals surface area contributed by atoms with Crippen molar-refractivity contribution in [1.29, 1.82) is 0 Å². The van der Waals surface area contributed by atoms with Gasteiger partial charge < -0.3 is 10.0 Å². The molecule has 0 spiro atoms. The Balaban J connectivity index is 2.11. The number of hydrogen-bond acceptors (Lipinski definition) is 3. The summed E-state index contributed by atoms with van der Waals surface area (Å²) in [5.41, 5.74) is 0.741. The number of nitrogens with zero attached hydrogens (tertiary/aromatic N) is 1. The van der Waals surface area contributed by atoms with Gasteiger partial charge in [0.15, 0.2) is 0 Å². The van der Waals surface area contributed by atoms with Gasteiger partial charge in [-0.15, -0.1) is 11.8 Å². The highest BCUT2D eigenvalue weighted by Crippen LogP contribution is 2.37. The smallest absolute Gasteiger partial charge is 0.0653 e. The number of hydrogen-bond donors (Lipinski definition) is 1. The van der Waals surface area contributed by atoms with E-state index in [9.17, 15) is 5.11 Å². The lowest BCUT2D eigenvalue weighted by Gasteiger charge is -2.37. The summed E-state index contributed by atoms with van der Waals surface area (Å²) in [6.45, 7) is 12.3. The standard InChI is InChI=1S/C15H23NOS/c1-12-11-13(5-6-14(2,3)18-12)16-9-7-15(4,17)8-10-16/h5-6,11,17H,1,7-10H2,2-4H3. The highest BCUT2D eigenvalue weighted by molar-refractivity contribution is 8.04. The molecule has 18 heavy (non-hydrogen) atoms. The van der Waals surface area contributed by atoms with Crippen molar-refractivity contribution in [1.82, 2.24) is 4.90 Å². The van der Waals surface area contributed by atoms with Crippen LogP contribution >= 0.6 is 11.8 Å². The molecule has 0 aromatic carbocycles. The summed E-state index contributed by atoms with van der Waals surface area (Å²) in [6, 6.07) is 0. The fraction of sp³-hybridized carbons (Fsp3) is 0.600. The molecular weight excluding hydrogens is 242 g/mol. The maximum Gasteiger partial charge on any atom is 0.0653 e. The molecule has 0 aliphatic carbocycles. The molecule has 2 aliphatic rings. The maximum atomic E-state index is 10.00. The molecule has 3 heteroatoms. The van der Waals surface area contributed by atoms with Gasteiger partial charge in [0.25, 0.3) is 0 Å². The van der Waals surface area contributed by atoms with Crippen molar-refractivity contribution in [2.45, 2.75) is 44.0 Å². The third-order valence-electron chi connectivity index (χ3n) is 3.56. The average molecular weight is 265 g/mol. The van der Waals surface area contributed by atoms with Crippen LogP contribution in [0.15, 0.2) is 35.4 Å². The zero-order chi connectivity index (χ0) is 13.4. The van der Waals surface area contributed by atoms with Gasteiger partial charge in [-0.2, -0.15) is 0 Å². The SMILES string of the molecule is C=C1C=C(N2CCC(C)(O)CC2)C=CC(C)(C)S1. The first-order chi connectivity index (χ1) is 8.27. The lowest BCUT2D eigenvalue weighted by molar-refractivity contribution is 0.00368. The van der Waals surface area contributed by atoms with Crippen molar-refractivity contribution in [3.63, 3.8) is 0 Å². The topological polar surface area (TPSA) is 23.5 Å². The zero-order valence-electron chi connectivity index (χ0n) is 11.6. The molecule has 0 radical (unpaired) electrons. The minimum atomic E-state index is -0.490. The Morgan fingerprint density at radius 2 is 1.89 bits per heavy atom. The average Bonchev–Trinajstić information content (AvgIpc) is 2.36. The summed E-state index contributed by atoms with van der Waals surface area (Å²) < 4.78 is 0.108. The van der Waals surface area contributed by atoms with Crippen molar-refractivity contribution in [3.8, 4) is 0 Å². The Labute approximate surface area is 114 Å². The van der Waals surface area contributed by atoms with E-state index in [0.29, 0.717) is 0 Å². The van der Waals surface area contributed by atoms with E-state index < -0.39 is 5.60 Å². The Hall–Kier alpha value is -0.670. The van der Waals surface area contributed by atoms with Gasteiger partial charge in [-0.25, -0.2) is 0 Å². The minimum absolute atomic E-state index is 0.108. The Kier molecular flexibility index (Phi) is 3.65. The fourth-order valence-electron chi connectivity index (χ4n) is 2.34. The molecule has 1 saturated heterocycles. The Bertz CT molecular complexity index is 397. The van der Waals surface area contributed by atoms with Gasteiger partial charge in [-0.3, -0.25) is 0 Å². The third-order valence-corrected chi connectivity index (χ3v) is 4.61. The quantitative estimate of drug-likeness (QED) is 0.787. The molecule has 2 heterocycles. The van der Waals surface area contributed by atoms with Crippen LogP contribution in [0.3, 0.4) is 0 Å². The van der Waals surface area contributed by atoms with Crippen LogP contribution in [0.1, 0.15) is 33.6 Å². The fourth-order valence-corrected chi connectivity index (χ4v) is 3.34. The highest BCUT2D eigenvalue weighted by atomic mass is 32.2. The first-order valence-corrected chi connectivity index (χ1v) is 7.35. The van der Waals surface area contributed by atoms with E-state index in [4.69, 9.17) is 0 Å². The van der Waals surface area contributed by atoms with Crippen LogP contribution in [0.4, 0.5) is 0 Å². The van der Waals surface area contributed by atoms with Gasteiger partial charge in [-0.1, -0.05) is 12.7 Å². The Morgan fingerprint density at radius 3 is 2.50 bits per heavy atom. The van der Waals surface area contributed by atoms with Crippen molar-refractivity contribution < 1.29 is 5.11 Å². The van der Waals surface area contributed by atoms with Crippen molar-refractivity contribution in [2.75, 3.05) is 13.1 Å². The van der Waals surface area contributed by atoms with Crippen molar-refractivity contribution in [2.24, 2.45) is 0 Å². The summed E-state index contributed by atoms with van der Waals surface area (Å²) in [7, 11) is 0. The van der Waals surface area contributed by atoms with E-state index in [1.807, 2.05) is 6.92 Å². The molecule has 0 amide bonds. The van der Waals surface area contributed by atoms with E-state index in [1.54, 1.807) is 11.8 Å². The van der Waals surface area contributed by atoms with E-state index in [2.05, 4.69) is 43.6 Å². The normalized spacial score (nSPS) is 26.8. The van der Waals surface area contributed by atoms with E-state index in [1.165, 1.54) is 5.70 Å². The van der Waals surface area contributed by atoms with Gasteiger partial charge >= 0.3 is 0 Å². The minimum Gasteiger partial charge on any atom is -0.390 e. The van der Waals surface area contributed by atoms with Crippen LogP contribution in [0.25, 0.3) is 0 Å². The lowest BCUT2D eigenvalue weighted by atomic mass is 9.93. The van der Waals surface area contributed by atoms with Crippen molar-refractivity contribution in [3.05, 3.63) is 35.4 Å². The van der Waals surface area contributed by atoms with Crippen LogP contribution < -0.4 is 0 Å². The monoisotopic (exact) mass is 265 g/mol.